The van der Waals surface area contributed by atoms with Crippen molar-refractivity contribution in [2.75, 3.05) is 0 Å². The van der Waals surface area contributed by atoms with Gasteiger partial charge in [0.1, 0.15) is 24.3 Å². The lowest BCUT2D eigenvalue weighted by Gasteiger charge is -2.08. The molecule has 3 aromatic rings. The quantitative estimate of drug-likeness (QED) is 0.253. The zero-order chi connectivity index (χ0) is 21.1. The van der Waals surface area contributed by atoms with Gasteiger partial charge in [-0.05, 0) is 53.0 Å². The number of hydrogen-bond acceptors (Lipinski definition) is 5. The molecule has 0 atom stereocenters. The van der Waals surface area contributed by atoms with E-state index in [1.165, 1.54) is 0 Å². The molecule has 7 nitrogen and oxygen atoms in total. The molecule has 0 aromatic heterocycles. The Balaban J connectivity index is 1.59. The highest BCUT2D eigenvalue weighted by molar-refractivity contribution is 6.30. The van der Waals surface area contributed by atoms with Crippen molar-refractivity contribution in [1.29, 1.82) is 0 Å². The van der Waals surface area contributed by atoms with Crippen molar-refractivity contribution in [3.63, 3.8) is 0 Å². The molecular weight excluding hydrogens is 404 g/mol. The number of hydrogen-bond donors (Lipinski definition) is 3. The summed E-state index contributed by atoms with van der Waals surface area (Å²) in [6, 6.07) is 17.4. The Hall–Kier alpha value is -3.68. The first-order chi connectivity index (χ1) is 14.5. The van der Waals surface area contributed by atoms with Gasteiger partial charge in [0.25, 0.3) is 12.2 Å². The Kier molecular flexibility index (Phi) is 5.47. The van der Waals surface area contributed by atoms with Crippen LogP contribution in [0.2, 0.25) is 5.02 Å². The Bertz CT molecular complexity index is 1170. The van der Waals surface area contributed by atoms with Gasteiger partial charge >= 0.3 is 0 Å². The third-order valence-corrected chi connectivity index (χ3v) is 4.82. The molecule has 150 valence electrons. The van der Waals surface area contributed by atoms with Gasteiger partial charge in [-0.25, -0.2) is 5.84 Å². The Morgan fingerprint density at radius 1 is 1.17 bits per heavy atom. The number of benzene rings is 3. The van der Waals surface area contributed by atoms with Gasteiger partial charge in [0.2, 0.25) is 5.69 Å². The molecule has 0 bridgehead atoms. The minimum absolute atomic E-state index is 0.0894. The molecule has 0 unspecified atom stereocenters. The van der Waals surface area contributed by atoms with E-state index in [0.717, 1.165) is 5.56 Å². The zero-order valence-electron chi connectivity index (χ0n) is 15.7. The summed E-state index contributed by atoms with van der Waals surface area (Å²) in [7, 11) is 0. The summed E-state index contributed by atoms with van der Waals surface area (Å²) in [4.78, 5) is 16.1. The number of nitrogens with one attached hydrogen (secondary N) is 1. The van der Waals surface area contributed by atoms with E-state index < -0.39 is 5.91 Å². The predicted molar refractivity (Wildman–Crippen MR) is 115 cm³/mol. The predicted octanol–water partition coefficient (Wildman–Crippen LogP) is 3.66. The lowest BCUT2D eigenvalue weighted by Crippen LogP contribution is -2.29. The average molecular weight is 422 g/mol. The second kappa shape index (κ2) is 8.36. The van der Waals surface area contributed by atoms with Crippen LogP contribution in [0.5, 0.6) is 11.5 Å². The van der Waals surface area contributed by atoms with Gasteiger partial charge in [0.05, 0.1) is 5.56 Å². The maximum absolute atomic E-state index is 11.8. The summed E-state index contributed by atoms with van der Waals surface area (Å²) < 4.78 is 7.56. The number of nitrogens with zero attached hydrogens (tertiary/aromatic N) is 2. The van der Waals surface area contributed by atoms with Crippen molar-refractivity contribution < 1.29 is 19.2 Å². The first kappa shape index (κ1) is 19.6. The molecule has 0 radical (unpaired) electrons. The highest BCUT2D eigenvalue weighted by Crippen LogP contribution is 2.33. The number of aromatic hydroxyl groups is 1. The van der Waals surface area contributed by atoms with Crippen LogP contribution in [0.1, 0.15) is 21.5 Å². The van der Waals surface area contributed by atoms with Gasteiger partial charge in [0.15, 0.2) is 5.69 Å². The number of ether oxygens (including phenoxy) is 1. The zero-order valence-corrected chi connectivity index (χ0v) is 16.5. The number of rotatable bonds is 5. The monoisotopic (exact) mass is 421 g/mol. The number of carbonyl (C=O) groups excluding carboxylic acids is 1. The molecular formula is C22H18ClN4O3+. The van der Waals surface area contributed by atoms with Crippen LogP contribution >= 0.6 is 11.6 Å². The van der Waals surface area contributed by atoms with Crippen molar-refractivity contribution in [2.45, 2.75) is 6.61 Å². The van der Waals surface area contributed by atoms with Gasteiger partial charge in [-0.1, -0.05) is 23.7 Å². The maximum Gasteiger partial charge on any atom is 0.292 e. The first-order valence-corrected chi connectivity index (χ1v) is 9.44. The molecule has 0 spiro atoms. The molecule has 4 rings (SSSR count). The Labute approximate surface area is 177 Å². The molecule has 1 aliphatic heterocycles. The van der Waals surface area contributed by atoms with E-state index in [2.05, 4.69) is 10.4 Å². The van der Waals surface area contributed by atoms with Crippen LogP contribution in [0.4, 0.5) is 11.4 Å². The van der Waals surface area contributed by atoms with Gasteiger partial charge in [-0.15, -0.1) is 0 Å². The van der Waals surface area contributed by atoms with Crippen LogP contribution in [0.25, 0.3) is 0 Å². The fourth-order valence-electron chi connectivity index (χ4n) is 2.98. The van der Waals surface area contributed by atoms with Crippen LogP contribution in [-0.2, 0) is 6.61 Å². The number of phenols is 1. The summed E-state index contributed by atoms with van der Waals surface area (Å²) in [6.45, 7) is 0.368. The number of carbonyl (C=O) groups is 1. The van der Waals surface area contributed by atoms with Crippen LogP contribution in [0.3, 0.4) is 0 Å². The minimum Gasteiger partial charge on any atom is -0.507 e. The number of aliphatic imine (C=N–C) groups is 1. The van der Waals surface area contributed by atoms with Gasteiger partial charge in [-0.3, -0.25) is 10.2 Å². The number of amides is 1. The smallest absolute Gasteiger partial charge is 0.292 e. The van der Waals surface area contributed by atoms with Crippen molar-refractivity contribution in [2.24, 2.45) is 10.8 Å². The third-order valence-electron chi connectivity index (χ3n) is 4.56. The molecule has 1 heterocycles. The average Bonchev–Trinajstić information content (AvgIpc) is 3.16. The van der Waals surface area contributed by atoms with E-state index in [-0.39, 0.29) is 5.75 Å². The van der Waals surface area contributed by atoms with Gasteiger partial charge in [-0.2, -0.15) is 4.58 Å². The van der Waals surface area contributed by atoms with Crippen LogP contribution in [0, 0.1) is 0 Å². The second-order valence-corrected chi connectivity index (χ2v) is 7.03. The molecule has 1 aliphatic rings. The molecule has 0 fully saturated rings. The molecule has 8 heteroatoms. The summed E-state index contributed by atoms with van der Waals surface area (Å²) in [5.41, 5.74) is 5.43. The lowest BCUT2D eigenvalue weighted by molar-refractivity contribution is -0.282. The van der Waals surface area contributed by atoms with Crippen molar-refractivity contribution >= 4 is 41.4 Å². The molecule has 1 amide bonds. The SMILES string of the molecule is NNC(=O)c1ccc2c(c1)[N+](=Cc1cc(OCc3ccc(Cl)cc3)ccc1O)C=N2. The first-order valence-electron chi connectivity index (χ1n) is 9.06. The molecule has 0 saturated carbocycles. The van der Waals surface area contributed by atoms with Gasteiger partial charge in [0, 0.05) is 16.7 Å². The molecule has 4 N–H and O–H groups in total. The van der Waals surface area contributed by atoms with E-state index in [1.807, 2.05) is 12.1 Å². The summed E-state index contributed by atoms with van der Waals surface area (Å²) in [6.07, 6.45) is 3.32. The number of nitrogens with two attached hydrogens (primary N) is 1. The summed E-state index contributed by atoms with van der Waals surface area (Å²) in [5, 5.41) is 11.0. The number of fused-ring (bicyclic) bond motifs is 1. The van der Waals surface area contributed by atoms with E-state index >= 15 is 0 Å². The van der Waals surface area contributed by atoms with Crippen LogP contribution < -0.4 is 16.0 Å². The second-order valence-electron chi connectivity index (χ2n) is 6.59. The fourth-order valence-corrected chi connectivity index (χ4v) is 3.10. The number of nitrogen functional groups attached to an aromatic ring is 1. The lowest BCUT2D eigenvalue weighted by atomic mass is 10.1. The summed E-state index contributed by atoms with van der Waals surface area (Å²) in [5.74, 6) is 5.51. The highest BCUT2D eigenvalue weighted by Gasteiger charge is 2.22. The van der Waals surface area contributed by atoms with E-state index in [0.29, 0.717) is 39.9 Å². The van der Waals surface area contributed by atoms with Crippen molar-refractivity contribution in [1.82, 2.24) is 5.43 Å². The van der Waals surface area contributed by atoms with Crippen molar-refractivity contribution in [3.05, 3.63) is 82.4 Å². The van der Waals surface area contributed by atoms with Crippen LogP contribution in [0.15, 0.2) is 65.7 Å². The fraction of sp³-hybridized carbons (Fsp3) is 0.0455. The highest BCUT2D eigenvalue weighted by atomic mass is 35.5. The largest absolute Gasteiger partial charge is 0.507 e. The van der Waals surface area contributed by atoms with Crippen molar-refractivity contribution in [3.8, 4) is 11.5 Å². The summed E-state index contributed by atoms with van der Waals surface area (Å²) >= 11 is 5.90. The molecule has 3 aromatic carbocycles. The number of halogens is 1. The standard InChI is InChI=1S/C22H17ClN4O3/c23-17-4-1-14(2-5-17)12-30-18-6-8-21(28)16(9-18)11-27-13-25-19-7-3-15(10-20(19)27)22(29)26-24/h1-11,13H,12,24H2,(H,26,29)/p+1. The van der Waals surface area contributed by atoms with E-state index in [1.54, 1.807) is 65.7 Å². The molecule has 0 saturated heterocycles. The topological polar surface area (TPSA) is 100.0 Å². The van der Waals surface area contributed by atoms with Gasteiger partial charge < -0.3 is 9.84 Å². The third kappa shape index (κ3) is 4.17. The van der Waals surface area contributed by atoms with Crippen LogP contribution in [-0.4, -0.2) is 28.1 Å². The normalized spacial score (nSPS) is 13.3. The molecule has 30 heavy (non-hydrogen) atoms. The maximum atomic E-state index is 11.8. The number of hydrazine groups is 1. The van der Waals surface area contributed by atoms with E-state index in [4.69, 9.17) is 22.2 Å². The van der Waals surface area contributed by atoms with E-state index in [9.17, 15) is 9.90 Å². The minimum atomic E-state index is -0.398. The Morgan fingerprint density at radius 2 is 1.97 bits per heavy atom. The Morgan fingerprint density at radius 3 is 2.73 bits per heavy atom. The molecule has 0 aliphatic carbocycles. The number of phenolic OH excluding ortho intramolecular Hbond substituents is 1.